The number of hydrogen-bond donors (Lipinski definition) is 0. The smallest absolute Gasteiger partial charge is 0.404 e. The number of hydrogen-bond acceptors (Lipinski definition) is 5. The first kappa shape index (κ1) is 33.5. The van der Waals surface area contributed by atoms with Crippen LogP contribution in [0.1, 0.15) is 74.2 Å². The van der Waals surface area contributed by atoms with Crippen molar-refractivity contribution in [1.29, 1.82) is 0 Å². The highest BCUT2D eigenvalue weighted by atomic mass is 35.5. The van der Waals surface area contributed by atoms with Gasteiger partial charge < -0.3 is 19.4 Å². The summed E-state index contributed by atoms with van der Waals surface area (Å²) >= 11 is 6.38. The summed E-state index contributed by atoms with van der Waals surface area (Å²) in [6.07, 6.45) is 0.560. The van der Waals surface area contributed by atoms with Crippen molar-refractivity contribution in [3.63, 3.8) is 0 Å². The molecule has 7 nitrogen and oxygen atoms in total. The van der Waals surface area contributed by atoms with Crippen LogP contribution >= 0.6 is 11.6 Å². The lowest BCUT2D eigenvalue weighted by molar-refractivity contribution is -0.171. The largest absolute Gasteiger partial charge is 0.497 e. The molecule has 1 atom stereocenters. The first-order chi connectivity index (χ1) is 20.0. The summed E-state index contributed by atoms with van der Waals surface area (Å²) in [6.45, 7) is 5.78. The van der Waals surface area contributed by atoms with E-state index < -0.39 is 18.0 Å². The highest BCUT2D eigenvalue weighted by Gasteiger charge is 2.47. The van der Waals surface area contributed by atoms with Gasteiger partial charge in [-0.1, -0.05) is 37.6 Å². The Bertz CT molecular complexity index is 1200. The molecule has 2 amide bonds. The fourth-order valence-corrected chi connectivity index (χ4v) is 5.50. The van der Waals surface area contributed by atoms with Crippen molar-refractivity contribution in [2.75, 3.05) is 45.7 Å². The molecule has 1 aromatic heterocycles. The van der Waals surface area contributed by atoms with E-state index in [2.05, 4.69) is 9.88 Å². The molecule has 1 aromatic carbocycles. The third-order valence-corrected chi connectivity index (χ3v) is 8.19. The van der Waals surface area contributed by atoms with E-state index in [4.69, 9.17) is 16.3 Å². The number of halogens is 4. The standard InChI is InChI=1S/C29H36ClF3N4O3.C2H6/c1-35(28(39)25(29(31,32)33)20-7-4-8-22(18-20)40-3)15-5-6-19-13-16-37(17-14-19)24-12-11-23(26(30)34-24)27(38)36(2)21-9-10-21;1-2/h4,7-8,11-12,18-19,21,25H,5-6,9-10,13-17H2,1-3H3;1-2H3. The van der Waals surface area contributed by atoms with E-state index in [0.29, 0.717) is 23.9 Å². The molecular weight excluding hydrogens is 569 g/mol. The molecule has 0 bridgehead atoms. The lowest BCUT2D eigenvalue weighted by Crippen LogP contribution is -2.39. The average Bonchev–Trinajstić information content (AvgIpc) is 3.83. The minimum atomic E-state index is -4.71. The number of rotatable bonds is 10. The van der Waals surface area contributed by atoms with Gasteiger partial charge in [0.05, 0.1) is 12.7 Å². The van der Waals surface area contributed by atoms with E-state index >= 15 is 0 Å². The lowest BCUT2D eigenvalue weighted by Gasteiger charge is -2.33. The minimum absolute atomic E-state index is 0.112. The molecule has 2 aromatic rings. The topological polar surface area (TPSA) is 66.0 Å². The summed E-state index contributed by atoms with van der Waals surface area (Å²) < 4.78 is 46.7. The molecule has 0 spiro atoms. The normalized spacial score (nSPS) is 16.3. The molecule has 232 valence electrons. The van der Waals surface area contributed by atoms with Crippen LogP contribution in [-0.4, -0.2) is 79.7 Å². The molecule has 0 N–H and O–H groups in total. The molecule has 0 radical (unpaired) electrons. The van der Waals surface area contributed by atoms with Gasteiger partial charge in [-0.3, -0.25) is 9.59 Å². The fraction of sp³-hybridized carbons (Fsp3) is 0.581. The molecule has 11 heteroatoms. The Morgan fingerprint density at radius 1 is 1.10 bits per heavy atom. The number of likely N-dealkylation sites (N-methyl/N-ethyl adjacent to an activating group) is 1. The quantitative estimate of drug-likeness (QED) is 0.277. The molecule has 2 heterocycles. The maximum absolute atomic E-state index is 13.9. The Hall–Kier alpha value is -3.01. The number of pyridine rings is 1. The van der Waals surface area contributed by atoms with Crippen LogP contribution in [0.25, 0.3) is 0 Å². The average molecular weight is 611 g/mol. The van der Waals surface area contributed by atoms with Crippen LogP contribution in [0.2, 0.25) is 5.15 Å². The van der Waals surface area contributed by atoms with Gasteiger partial charge in [-0.2, -0.15) is 13.2 Å². The van der Waals surface area contributed by atoms with Gasteiger partial charge >= 0.3 is 6.18 Å². The van der Waals surface area contributed by atoms with Gasteiger partial charge in [-0.15, -0.1) is 0 Å². The SMILES string of the molecule is CC.COc1cccc(C(C(=O)N(C)CCCC2CCN(c3ccc(C(=O)N(C)C4CC4)c(Cl)n3)CC2)C(F)(F)F)c1. The second kappa shape index (κ2) is 14.9. The molecular formula is C31H42ClF3N4O3. The van der Waals surface area contributed by atoms with Crippen LogP contribution < -0.4 is 9.64 Å². The van der Waals surface area contributed by atoms with E-state index in [1.807, 2.05) is 19.9 Å². The Morgan fingerprint density at radius 2 is 1.76 bits per heavy atom. The number of ether oxygens (including phenoxy) is 1. The highest BCUT2D eigenvalue weighted by molar-refractivity contribution is 6.32. The van der Waals surface area contributed by atoms with Gasteiger partial charge in [0.2, 0.25) is 5.91 Å². The number of anilines is 1. The first-order valence-electron chi connectivity index (χ1n) is 14.6. The van der Waals surface area contributed by atoms with E-state index in [1.54, 1.807) is 24.1 Å². The third kappa shape index (κ3) is 8.52. The zero-order chi connectivity index (χ0) is 31.0. The number of aromatic nitrogens is 1. The second-order valence-corrected chi connectivity index (χ2v) is 11.1. The summed E-state index contributed by atoms with van der Waals surface area (Å²) in [5.74, 6) is -1.90. The minimum Gasteiger partial charge on any atom is -0.497 e. The highest BCUT2D eigenvalue weighted by Crippen LogP contribution is 2.37. The number of carbonyl (C=O) groups is 2. The molecule has 1 aliphatic heterocycles. The first-order valence-corrected chi connectivity index (χ1v) is 15.0. The summed E-state index contributed by atoms with van der Waals surface area (Å²) in [7, 11) is 4.59. The molecule has 2 fully saturated rings. The van der Waals surface area contributed by atoms with Crippen molar-refractivity contribution in [1.82, 2.24) is 14.8 Å². The maximum atomic E-state index is 13.9. The summed E-state index contributed by atoms with van der Waals surface area (Å²) in [6, 6.07) is 9.44. The zero-order valence-electron chi connectivity index (χ0n) is 25.1. The molecule has 1 saturated carbocycles. The number of nitrogens with zero attached hydrogens (tertiary/aromatic N) is 4. The zero-order valence-corrected chi connectivity index (χ0v) is 25.8. The van der Waals surface area contributed by atoms with Gasteiger partial charge in [0.15, 0.2) is 5.92 Å². The van der Waals surface area contributed by atoms with Crippen molar-refractivity contribution in [2.45, 2.75) is 70.5 Å². The van der Waals surface area contributed by atoms with Gasteiger partial charge in [-0.05, 0) is 74.3 Å². The van der Waals surface area contributed by atoms with Gasteiger partial charge in [-0.25, -0.2) is 4.98 Å². The summed E-state index contributed by atoms with van der Waals surface area (Å²) in [5.41, 5.74) is 0.282. The summed E-state index contributed by atoms with van der Waals surface area (Å²) in [5, 5.41) is 0.205. The molecule has 4 rings (SSSR count). The van der Waals surface area contributed by atoms with Gasteiger partial charge in [0, 0.05) is 39.8 Å². The Labute approximate surface area is 252 Å². The predicted octanol–water partition coefficient (Wildman–Crippen LogP) is 6.81. The Morgan fingerprint density at radius 3 is 2.33 bits per heavy atom. The van der Waals surface area contributed by atoms with Crippen molar-refractivity contribution in [3.8, 4) is 5.75 Å². The maximum Gasteiger partial charge on any atom is 0.404 e. The van der Waals surface area contributed by atoms with Crippen LogP contribution in [0.15, 0.2) is 36.4 Å². The van der Waals surface area contributed by atoms with Crippen LogP contribution in [0.3, 0.4) is 0 Å². The van der Waals surface area contributed by atoms with Crippen LogP contribution in [0.4, 0.5) is 19.0 Å². The fourth-order valence-electron chi connectivity index (χ4n) is 5.27. The number of piperidine rings is 1. The molecule has 1 aliphatic carbocycles. The van der Waals surface area contributed by atoms with Crippen molar-refractivity contribution in [3.05, 3.63) is 52.7 Å². The number of benzene rings is 1. The lowest BCUT2D eigenvalue weighted by atomic mass is 9.92. The molecule has 1 saturated heterocycles. The van der Waals surface area contributed by atoms with E-state index in [1.165, 1.54) is 37.3 Å². The van der Waals surface area contributed by atoms with E-state index in [9.17, 15) is 22.8 Å². The van der Waals surface area contributed by atoms with Crippen molar-refractivity contribution in [2.24, 2.45) is 5.92 Å². The van der Waals surface area contributed by atoms with E-state index in [0.717, 1.165) is 51.0 Å². The van der Waals surface area contributed by atoms with Crippen LogP contribution in [0.5, 0.6) is 5.75 Å². The molecule has 1 unspecified atom stereocenters. The van der Waals surface area contributed by atoms with Gasteiger partial charge in [0.1, 0.15) is 16.7 Å². The molecule has 42 heavy (non-hydrogen) atoms. The predicted molar refractivity (Wildman–Crippen MR) is 159 cm³/mol. The Kier molecular flexibility index (Phi) is 11.9. The van der Waals surface area contributed by atoms with Crippen LogP contribution in [-0.2, 0) is 4.79 Å². The number of amides is 2. The van der Waals surface area contributed by atoms with Crippen molar-refractivity contribution < 1.29 is 27.5 Å². The summed E-state index contributed by atoms with van der Waals surface area (Å²) in [4.78, 5) is 35.0. The third-order valence-electron chi connectivity index (χ3n) is 7.90. The monoisotopic (exact) mass is 610 g/mol. The molecule has 2 aliphatic rings. The van der Waals surface area contributed by atoms with Crippen LogP contribution in [0, 0.1) is 5.92 Å². The second-order valence-electron chi connectivity index (χ2n) is 10.7. The Balaban J connectivity index is 0.00000237. The number of alkyl halides is 3. The number of carbonyl (C=O) groups excluding carboxylic acids is 2. The van der Waals surface area contributed by atoms with Crippen molar-refractivity contribution >= 4 is 29.2 Å². The number of methoxy groups -OCH3 is 1. The van der Waals surface area contributed by atoms with Gasteiger partial charge in [0.25, 0.3) is 5.91 Å². The van der Waals surface area contributed by atoms with E-state index in [-0.39, 0.29) is 28.9 Å².